The summed E-state index contributed by atoms with van der Waals surface area (Å²) in [5.41, 5.74) is 0.377. The summed E-state index contributed by atoms with van der Waals surface area (Å²) in [7, 11) is 0. The fourth-order valence-corrected chi connectivity index (χ4v) is 6.10. The number of carbonyl (C=O) groups excluding carboxylic acids is 3. The van der Waals surface area contributed by atoms with Crippen molar-refractivity contribution in [3.05, 3.63) is 34.3 Å². The molecule has 0 unspecified atom stereocenters. The minimum absolute atomic E-state index is 0.0472. The van der Waals surface area contributed by atoms with Crippen LogP contribution in [0.3, 0.4) is 0 Å². The summed E-state index contributed by atoms with van der Waals surface area (Å²) in [4.78, 5) is 39.8. The number of ether oxygens (including phenoxy) is 2. The summed E-state index contributed by atoms with van der Waals surface area (Å²) in [6.07, 6.45) is 6.60. The molecular formula is C26H34BrNO5. The molecule has 180 valence electrons. The molecule has 1 amide bonds. The molecule has 2 aliphatic carbocycles. The molecule has 4 rings (SSSR count). The average Bonchev–Trinajstić information content (AvgIpc) is 3.24. The number of rotatable bonds is 7. The van der Waals surface area contributed by atoms with Crippen LogP contribution in [0.2, 0.25) is 0 Å². The molecule has 3 fully saturated rings. The normalized spacial score (nSPS) is 28.4. The number of likely N-dealkylation sites (tertiary alicyclic amines) is 1. The molecular weight excluding hydrogens is 486 g/mol. The van der Waals surface area contributed by atoms with E-state index in [4.69, 9.17) is 9.47 Å². The molecule has 1 aromatic carbocycles. The number of aryl methyl sites for hydroxylation is 1. The van der Waals surface area contributed by atoms with Gasteiger partial charge in [-0.1, -0.05) is 28.1 Å². The molecule has 0 N–H and O–H groups in total. The number of nitrogens with zero attached hydrogens (tertiary/aromatic N) is 1. The van der Waals surface area contributed by atoms with Crippen molar-refractivity contribution < 1.29 is 23.9 Å². The maximum Gasteiger partial charge on any atom is 0.411 e. The standard InChI is InChI=1S/C26H34BrNO5/c1-24(2,3)33-23(31)28-16-4-5-20(28)22(30)32-17-21(29)26-14-12-25(26,13-15-26)11-10-18-6-8-19(27)9-7-18/h6-9,20H,4-5,10-17H2,1-3H3/t20-,25?,26?/m0/s1. The van der Waals surface area contributed by atoms with Gasteiger partial charge in [0.25, 0.3) is 0 Å². The molecule has 33 heavy (non-hydrogen) atoms. The molecule has 0 aromatic heterocycles. The van der Waals surface area contributed by atoms with Crippen molar-refractivity contribution in [2.75, 3.05) is 13.2 Å². The SMILES string of the molecule is CC(C)(C)OC(=O)N1CCC[C@H]1C(=O)OCC(=O)C12CCC1(CCc1ccc(Br)cc1)CC2. The molecule has 1 aromatic rings. The third-order valence-electron chi connectivity index (χ3n) is 7.91. The average molecular weight is 520 g/mol. The number of Topliss-reactive ketones (excluding diaryl/α,β-unsaturated/α-hetero) is 1. The van der Waals surface area contributed by atoms with Crippen LogP contribution in [0.15, 0.2) is 28.7 Å². The molecule has 1 atom stereocenters. The summed E-state index contributed by atoms with van der Waals surface area (Å²) in [6.45, 7) is 5.66. The van der Waals surface area contributed by atoms with Gasteiger partial charge in [0.05, 0.1) is 0 Å². The Morgan fingerprint density at radius 3 is 2.33 bits per heavy atom. The van der Waals surface area contributed by atoms with E-state index in [1.807, 2.05) is 0 Å². The minimum Gasteiger partial charge on any atom is -0.456 e. The number of amides is 1. The van der Waals surface area contributed by atoms with Crippen LogP contribution >= 0.6 is 15.9 Å². The number of halogens is 1. The predicted octanol–water partition coefficient (Wildman–Crippen LogP) is 5.45. The Labute approximate surface area is 204 Å². The Morgan fingerprint density at radius 1 is 1.09 bits per heavy atom. The molecule has 0 spiro atoms. The molecule has 1 heterocycles. The highest BCUT2D eigenvalue weighted by molar-refractivity contribution is 9.10. The topological polar surface area (TPSA) is 72.9 Å². The van der Waals surface area contributed by atoms with Crippen LogP contribution in [0.25, 0.3) is 0 Å². The van der Waals surface area contributed by atoms with Crippen LogP contribution in [-0.2, 0) is 25.5 Å². The molecule has 2 saturated carbocycles. The summed E-state index contributed by atoms with van der Waals surface area (Å²) < 4.78 is 12.0. The smallest absolute Gasteiger partial charge is 0.411 e. The molecule has 0 radical (unpaired) electrons. The lowest BCUT2D eigenvalue weighted by atomic mass is 9.35. The number of esters is 1. The number of ketones is 1. The van der Waals surface area contributed by atoms with Gasteiger partial charge in [-0.05, 0) is 95.2 Å². The van der Waals surface area contributed by atoms with E-state index in [9.17, 15) is 14.4 Å². The van der Waals surface area contributed by atoms with Gasteiger partial charge >= 0.3 is 12.1 Å². The Morgan fingerprint density at radius 2 is 1.76 bits per heavy atom. The monoisotopic (exact) mass is 519 g/mol. The Kier molecular flexibility index (Phi) is 6.64. The molecule has 7 heteroatoms. The predicted molar refractivity (Wildman–Crippen MR) is 128 cm³/mol. The van der Waals surface area contributed by atoms with Gasteiger partial charge < -0.3 is 9.47 Å². The summed E-state index contributed by atoms with van der Waals surface area (Å²) >= 11 is 3.47. The van der Waals surface area contributed by atoms with E-state index >= 15 is 0 Å². The first kappa shape index (κ1) is 24.2. The van der Waals surface area contributed by atoms with Crippen LogP contribution < -0.4 is 0 Å². The summed E-state index contributed by atoms with van der Waals surface area (Å²) in [5, 5.41) is 0. The number of benzene rings is 1. The molecule has 1 aliphatic heterocycles. The number of hydrogen-bond donors (Lipinski definition) is 0. The van der Waals surface area contributed by atoms with Gasteiger partial charge in [-0.25, -0.2) is 9.59 Å². The molecule has 0 bridgehead atoms. The Bertz CT molecular complexity index is 912. The highest BCUT2D eigenvalue weighted by atomic mass is 79.9. The first-order chi connectivity index (χ1) is 15.6. The zero-order chi connectivity index (χ0) is 23.9. The zero-order valence-electron chi connectivity index (χ0n) is 19.8. The van der Waals surface area contributed by atoms with Crippen molar-refractivity contribution in [2.24, 2.45) is 10.8 Å². The fourth-order valence-electron chi connectivity index (χ4n) is 5.83. The quantitative estimate of drug-likeness (QED) is 0.447. The second-order valence-corrected chi connectivity index (χ2v) is 11.8. The van der Waals surface area contributed by atoms with Crippen LogP contribution in [0, 0.1) is 10.8 Å². The third kappa shape index (κ3) is 4.71. The van der Waals surface area contributed by atoms with Gasteiger partial charge in [0.15, 0.2) is 12.4 Å². The molecule has 1 saturated heterocycles. The lowest BCUT2D eigenvalue weighted by Gasteiger charge is -2.67. The van der Waals surface area contributed by atoms with E-state index in [0.29, 0.717) is 13.0 Å². The maximum atomic E-state index is 13.2. The second-order valence-electron chi connectivity index (χ2n) is 10.9. The lowest BCUT2D eigenvalue weighted by Crippen LogP contribution is -2.64. The van der Waals surface area contributed by atoms with Crippen molar-refractivity contribution in [1.29, 1.82) is 0 Å². The summed E-state index contributed by atoms with van der Waals surface area (Å²) in [5.74, 6) is -0.451. The van der Waals surface area contributed by atoms with Crippen LogP contribution in [-0.4, -0.2) is 47.5 Å². The van der Waals surface area contributed by atoms with Gasteiger partial charge in [0.1, 0.15) is 11.6 Å². The van der Waals surface area contributed by atoms with Gasteiger partial charge in [-0.3, -0.25) is 9.69 Å². The van der Waals surface area contributed by atoms with Gasteiger partial charge in [0, 0.05) is 16.4 Å². The fraction of sp³-hybridized carbons (Fsp3) is 0.654. The number of fused-ring (bicyclic) bond motifs is 1. The van der Waals surface area contributed by atoms with E-state index in [-0.39, 0.29) is 23.2 Å². The third-order valence-corrected chi connectivity index (χ3v) is 8.44. The first-order valence-corrected chi connectivity index (χ1v) is 12.8. The van der Waals surface area contributed by atoms with Gasteiger partial charge in [-0.15, -0.1) is 0 Å². The summed E-state index contributed by atoms with van der Waals surface area (Å²) in [6, 6.07) is 7.68. The van der Waals surface area contributed by atoms with E-state index in [1.165, 1.54) is 10.5 Å². The van der Waals surface area contributed by atoms with Gasteiger partial charge in [0.2, 0.25) is 0 Å². The Hall–Kier alpha value is -1.89. The van der Waals surface area contributed by atoms with E-state index < -0.39 is 23.7 Å². The van der Waals surface area contributed by atoms with Gasteiger partial charge in [-0.2, -0.15) is 0 Å². The maximum absolute atomic E-state index is 13.2. The van der Waals surface area contributed by atoms with Crippen LogP contribution in [0.4, 0.5) is 4.79 Å². The molecule has 6 nitrogen and oxygen atoms in total. The van der Waals surface area contributed by atoms with E-state index in [1.54, 1.807) is 20.8 Å². The first-order valence-electron chi connectivity index (χ1n) is 12.0. The van der Waals surface area contributed by atoms with Crippen LogP contribution in [0.5, 0.6) is 0 Å². The zero-order valence-corrected chi connectivity index (χ0v) is 21.4. The van der Waals surface area contributed by atoms with Crippen molar-refractivity contribution >= 4 is 33.8 Å². The highest BCUT2D eigenvalue weighted by Gasteiger charge is 2.68. The number of hydrogen-bond acceptors (Lipinski definition) is 5. The van der Waals surface area contributed by atoms with Crippen molar-refractivity contribution in [1.82, 2.24) is 4.90 Å². The van der Waals surface area contributed by atoms with E-state index in [2.05, 4.69) is 40.2 Å². The minimum atomic E-state index is -0.671. The largest absolute Gasteiger partial charge is 0.456 e. The van der Waals surface area contributed by atoms with E-state index in [0.717, 1.165) is 49.4 Å². The lowest BCUT2D eigenvalue weighted by molar-refractivity contribution is -0.198. The van der Waals surface area contributed by atoms with Crippen molar-refractivity contribution in [3.8, 4) is 0 Å². The molecule has 3 aliphatic rings. The Balaban J connectivity index is 1.31. The number of carbonyl (C=O) groups is 3. The van der Waals surface area contributed by atoms with Crippen molar-refractivity contribution in [3.63, 3.8) is 0 Å². The second kappa shape index (κ2) is 9.05. The highest BCUT2D eigenvalue weighted by Crippen LogP contribution is 2.72. The van der Waals surface area contributed by atoms with Crippen LogP contribution in [0.1, 0.15) is 71.3 Å². The van der Waals surface area contributed by atoms with Crippen molar-refractivity contribution in [2.45, 2.75) is 83.8 Å².